The van der Waals surface area contributed by atoms with Crippen LogP contribution < -0.4 is 14.8 Å². The van der Waals surface area contributed by atoms with Gasteiger partial charge < -0.3 is 14.8 Å². The normalized spacial score (nSPS) is 29.5. The average Bonchev–Trinajstić information content (AvgIpc) is 3.30. The van der Waals surface area contributed by atoms with Gasteiger partial charge in [0.25, 0.3) is 0 Å². The summed E-state index contributed by atoms with van der Waals surface area (Å²) in [6.45, 7) is 2.25. The molecule has 0 aromatic heterocycles. The first-order chi connectivity index (χ1) is 9.22. The topological polar surface area (TPSA) is 30.5 Å². The van der Waals surface area contributed by atoms with Crippen molar-refractivity contribution < 1.29 is 9.47 Å². The Hall–Kier alpha value is -1.22. The molecule has 3 rings (SSSR count). The SMILES string of the molecule is CCC1(C2CC2)CC(NC)c2cc(OC)ccc2O1. The molecule has 1 aliphatic carbocycles. The summed E-state index contributed by atoms with van der Waals surface area (Å²) in [4.78, 5) is 0. The molecule has 1 saturated carbocycles. The maximum Gasteiger partial charge on any atom is 0.125 e. The van der Waals surface area contributed by atoms with Crippen LogP contribution in [0.5, 0.6) is 11.5 Å². The number of fused-ring (bicyclic) bond motifs is 1. The lowest BCUT2D eigenvalue weighted by Gasteiger charge is -2.42. The van der Waals surface area contributed by atoms with Crippen molar-refractivity contribution in [3.8, 4) is 11.5 Å². The van der Waals surface area contributed by atoms with Crippen molar-refractivity contribution in [2.75, 3.05) is 14.2 Å². The summed E-state index contributed by atoms with van der Waals surface area (Å²) in [6, 6.07) is 6.51. The maximum absolute atomic E-state index is 6.43. The standard InChI is InChI=1S/C16H23NO2/c1-4-16(11-5-6-11)10-14(17-2)13-9-12(18-3)7-8-15(13)19-16/h7-9,11,14,17H,4-6,10H2,1-3H3. The van der Waals surface area contributed by atoms with Gasteiger partial charge in [-0.15, -0.1) is 0 Å². The third kappa shape index (κ3) is 2.10. The Labute approximate surface area is 115 Å². The van der Waals surface area contributed by atoms with Gasteiger partial charge >= 0.3 is 0 Å². The molecule has 3 nitrogen and oxygen atoms in total. The van der Waals surface area contributed by atoms with E-state index in [1.807, 2.05) is 13.1 Å². The van der Waals surface area contributed by atoms with Crippen molar-refractivity contribution in [2.24, 2.45) is 5.92 Å². The molecule has 0 spiro atoms. The van der Waals surface area contributed by atoms with Crippen molar-refractivity contribution in [3.05, 3.63) is 23.8 Å². The zero-order chi connectivity index (χ0) is 13.5. The molecule has 1 aromatic rings. The lowest BCUT2D eigenvalue weighted by atomic mass is 9.82. The maximum atomic E-state index is 6.43. The second-order valence-corrected chi connectivity index (χ2v) is 5.74. The van der Waals surface area contributed by atoms with E-state index in [1.54, 1.807) is 7.11 Å². The Morgan fingerprint density at radius 1 is 1.42 bits per heavy atom. The van der Waals surface area contributed by atoms with Crippen LogP contribution in [-0.4, -0.2) is 19.8 Å². The first-order valence-electron chi connectivity index (χ1n) is 7.26. The largest absolute Gasteiger partial charge is 0.497 e. The summed E-state index contributed by atoms with van der Waals surface area (Å²) >= 11 is 0. The van der Waals surface area contributed by atoms with Crippen molar-refractivity contribution in [3.63, 3.8) is 0 Å². The molecule has 1 heterocycles. The fourth-order valence-corrected chi connectivity index (χ4v) is 3.36. The highest BCUT2D eigenvalue weighted by molar-refractivity contribution is 5.44. The zero-order valence-electron chi connectivity index (χ0n) is 12.0. The van der Waals surface area contributed by atoms with Gasteiger partial charge in [-0.05, 0) is 50.4 Å². The highest BCUT2D eigenvalue weighted by Crippen LogP contribution is 2.52. The Bertz CT molecular complexity index is 470. The van der Waals surface area contributed by atoms with Crippen LogP contribution in [0.2, 0.25) is 0 Å². The lowest BCUT2D eigenvalue weighted by molar-refractivity contribution is 0.00657. The van der Waals surface area contributed by atoms with Crippen molar-refractivity contribution >= 4 is 0 Å². The molecule has 2 atom stereocenters. The molecular weight excluding hydrogens is 238 g/mol. The van der Waals surface area contributed by atoms with Gasteiger partial charge in [-0.25, -0.2) is 0 Å². The summed E-state index contributed by atoms with van der Waals surface area (Å²) in [5, 5.41) is 3.45. The van der Waals surface area contributed by atoms with Gasteiger partial charge in [0.2, 0.25) is 0 Å². The van der Waals surface area contributed by atoms with Gasteiger partial charge in [0.1, 0.15) is 17.1 Å². The van der Waals surface area contributed by atoms with E-state index >= 15 is 0 Å². The lowest BCUT2D eigenvalue weighted by Crippen LogP contribution is -2.45. The second-order valence-electron chi connectivity index (χ2n) is 5.74. The van der Waals surface area contributed by atoms with Crippen LogP contribution in [0.15, 0.2) is 18.2 Å². The Morgan fingerprint density at radius 2 is 2.21 bits per heavy atom. The third-order valence-electron chi connectivity index (χ3n) is 4.72. The Kier molecular flexibility index (Phi) is 3.17. The van der Waals surface area contributed by atoms with Crippen molar-refractivity contribution in [1.82, 2.24) is 5.32 Å². The first-order valence-corrected chi connectivity index (χ1v) is 7.26. The summed E-state index contributed by atoms with van der Waals surface area (Å²) in [6.07, 6.45) is 4.78. The predicted molar refractivity (Wildman–Crippen MR) is 75.8 cm³/mol. The quantitative estimate of drug-likeness (QED) is 0.902. The van der Waals surface area contributed by atoms with Gasteiger partial charge in [0.15, 0.2) is 0 Å². The second kappa shape index (κ2) is 4.71. The number of nitrogens with one attached hydrogen (secondary N) is 1. The summed E-state index contributed by atoms with van der Waals surface area (Å²) < 4.78 is 11.8. The van der Waals surface area contributed by atoms with Crippen molar-refractivity contribution in [2.45, 2.75) is 44.2 Å². The fourth-order valence-electron chi connectivity index (χ4n) is 3.36. The first kappa shape index (κ1) is 12.8. The molecular formula is C16H23NO2. The van der Waals surface area contributed by atoms with E-state index in [0.29, 0.717) is 6.04 Å². The highest BCUT2D eigenvalue weighted by atomic mass is 16.5. The van der Waals surface area contributed by atoms with E-state index < -0.39 is 0 Å². The molecule has 0 amide bonds. The summed E-state index contributed by atoms with van der Waals surface area (Å²) in [7, 11) is 3.74. The smallest absolute Gasteiger partial charge is 0.125 e. The van der Waals surface area contributed by atoms with E-state index in [9.17, 15) is 0 Å². The molecule has 0 saturated heterocycles. The molecule has 0 radical (unpaired) electrons. The molecule has 104 valence electrons. The van der Waals surface area contributed by atoms with Gasteiger partial charge in [0, 0.05) is 18.0 Å². The minimum atomic E-state index is 0.0370. The predicted octanol–water partition coefficient (Wildman–Crippen LogP) is 3.30. The van der Waals surface area contributed by atoms with Crippen molar-refractivity contribution in [1.29, 1.82) is 0 Å². The van der Waals surface area contributed by atoms with Crippen LogP contribution in [0.3, 0.4) is 0 Å². The van der Waals surface area contributed by atoms with Crippen LogP contribution in [0, 0.1) is 5.92 Å². The molecule has 1 N–H and O–H groups in total. The molecule has 3 heteroatoms. The minimum absolute atomic E-state index is 0.0370. The van der Waals surface area contributed by atoms with Crippen LogP contribution in [0.1, 0.15) is 44.2 Å². The number of rotatable bonds is 4. The molecule has 19 heavy (non-hydrogen) atoms. The van der Waals surface area contributed by atoms with Crippen LogP contribution in [-0.2, 0) is 0 Å². The molecule has 1 aromatic carbocycles. The summed E-state index contributed by atoms with van der Waals surface area (Å²) in [5.41, 5.74) is 1.27. The van der Waals surface area contributed by atoms with Crippen LogP contribution >= 0.6 is 0 Å². The number of hydrogen-bond donors (Lipinski definition) is 1. The minimum Gasteiger partial charge on any atom is -0.497 e. The van der Waals surface area contributed by atoms with Gasteiger partial charge in [-0.2, -0.15) is 0 Å². The molecule has 1 fully saturated rings. The third-order valence-corrected chi connectivity index (χ3v) is 4.72. The van der Waals surface area contributed by atoms with Gasteiger partial charge in [0.05, 0.1) is 7.11 Å². The number of ether oxygens (including phenoxy) is 2. The van der Waals surface area contributed by atoms with Crippen LogP contribution in [0.4, 0.5) is 0 Å². The molecule has 1 aliphatic heterocycles. The average molecular weight is 261 g/mol. The summed E-state index contributed by atoms with van der Waals surface area (Å²) in [5.74, 6) is 2.67. The van der Waals surface area contributed by atoms with E-state index in [2.05, 4.69) is 24.4 Å². The van der Waals surface area contributed by atoms with Gasteiger partial charge in [-0.1, -0.05) is 6.92 Å². The van der Waals surface area contributed by atoms with E-state index in [0.717, 1.165) is 30.3 Å². The molecule has 2 aliphatic rings. The number of methoxy groups -OCH3 is 1. The van der Waals surface area contributed by atoms with Gasteiger partial charge in [-0.3, -0.25) is 0 Å². The molecule has 2 unspecified atom stereocenters. The van der Waals surface area contributed by atoms with E-state index in [1.165, 1.54) is 18.4 Å². The Morgan fingerprint density at radius 3 is 2.79 bits per heavy atom. The monoisotopic (exact) mass is 261 g/mol. The van der Waals surface area contributed by atoms with Crippen LogP contribution in [0.25, 0.3) is 0 Å². The molecule has 0 bridgehead atoms. The number of hydrogen-bond acceptors (Lipinski definition) is 3. The number of benzene rings is 1. The van der Waals surface area contributed by atoms with E-state index in [4.69, 9.17) is 9.47 Å². The highest BCUT2D eigenvalue weighted by Gasteiger charge is 2.50. The van der Waals surface area contributed by atoms with E-state index in [-0.39, 0.29) is 5.60 Å². The zero-order valence-corrected chi connectivity index (χ0v) is 12.0. The Balaban J connectivity index is 1.99. The fraction of sp³-hybridized carbons (Fsp3) is 0.625.